The third kappa shape index (κ3) is 2.72. The van der Waals surface area contributed by atoms with Gasteiger partial charge < -0.3 is 5.32 Å². The van der Waals surface area contributed by atoms with Crippen LogP contribution in [0.2, 0.25) is 5.15 Å². The predicted molar refractivity (Wildman–Crippen MR) is 69.9 cm³/mol. The number of hydrogen-bond donors (Lipinski definition) is 1. The summed E-state index contributed by atoms with van der Waals surface area (Å²) in [7, 11) is 1.64. The van der Waals surface area contributed by atoms with E-state index in [0.29, 0.717) is 22.6 Å². The average molecular weight is 276 g/mol. The molecule has 2 rings (SSSR count). The Hall–Kier alpha value is -2.39. The fraction of sp³-hybridized carbons (Fsp3) is 0.167. The molecule has 0 aliphatic rings. The van der Waals surface area contributed by atoms with Crippen LogP contribution in [-0.2, 0) is 7.05 Å². The van der Waals surface area contributed by atoms with E-state index in [2.05, 4.69) is 15.4 Å². The lowest BCUT2D eigenvalue weighted by Gasteiger charge is -2.06. The molecule has 96 valence electrons. The Morgan fingerprint density at radius 1 is 1.53 bits per heavy atom. The number of pyridine rings is 1. The number of carbonyl (C=O) groups excluding carboxylic acids is 1. The number of aryl methyl sites for hydroxylation is 2. The van der Waals surface area contributed by atoms with E-state index in [4.69, 9.17) is 16.9 Å². The van der Waals surface area contributed by atoms with Gasteiger partial charge in [0.05, 0.1) is 6.20 Å². The van der Waals surface area contributed by atoms with Crippen molar-refractivity contribution in [3.8, 4) is 6.07 Å². The topological polar surface area (TPSA) is 83.6 Å². The van der Waals surface area contributed by atoms with Crippen LogP contribution in [0.1, 0.15) is 21.6 Å². The fourth-order valence-electron chi connectivity index (χ4n) is 1.61. The van der Waals surface area contributed by atoms with Gasteiger partial charge in [0.1, 0.15) is 22.6 Å². The monoisotopic (exact) mass is 275 g/mol. The highest BCUT2D eigenvalue weighted by molar-refractivity contribution is 6.29. The van der Waals surface area contributed by atoms with Gasteiger partial charge in [-0.1, -0.05) is 11.6 Å². The second-order valence-corrected chi connectivity index (χ2v) is 4.30. The zero-order valence-corrected chi connectivity index (χ0v) is 11.1. The first-order valence-corrected chi connectivity index (χ1v) is 5.76. The van der Waals surface area contributed by atoms with Crippen LogP contribution >= 0.6 is 11.6 Å². The second-order valence-electron chi connectivity index (χ2n) is 3.92. The van der Waals surface area contributed by atoms with Gasteiger partial charge in [-0.2, -0.15) is 10.4 Å². The van der Waals surface area contributed by atoms with Crippen LogP contribution in [0, 0.1) is 18.3 Å². The Kier molecular flexibility index (Phi) is 3.49. The summed E-state index contributed by atoms with van der Waals surface area (Å²) >= 11 is 5.80. The van der Waals surface area contributed by atoms with Crippen molar-refractivity contribution in [3.63, 3.8) is 0 Å². The molecule has 1 N–H and O–H groups in total. The van der Waals surface area contributed by atoms with Crippen LogP contribution in [0.5, 0.6) is 0 Å². The molecule has 2 heterocycles. The molecule has 2 aromatic heterocycles. The van der Waals surface area contributed by atoms with Gasteiger partial charge in [0.15, 0.2) is 0 Å². The van der Waals surface area contributed by atoms with Crippen LogP contribution in [0.3, 0.4) is 0 Å². The minimum atomic E-state index is -0.368. The molecule has 0 spiro atoms. The van der Waals surface area contributed by atoms with Gasteiger partial charge in [-0.05, 0) is 19.1 Å². The lowest BCUT2D eigenvalue weighted by atomic mass is 10.2. The molecular formula is C12H10ClN5O. The Morgan fingerprint density at radius 3 is 2.89 bits per heavy atom. The van der Waals surface area contributed by atoms with Crippen molar-refractivity contribution in [1.29, 1.82) is 5.26 Å². The van der Waals surface area contributed by atoms with Gasteiger partial charge in [-0.25, -0.2) is 4.98 Å². The van der Waals surface area contributed by atoms with Crippen molar-refractivity contribution >= 4 is 23.3 Å². The van der Waals surface area contributed by atoms with Crippen molar-refractivity contribution in [2.24, 2.45) is 7.05 Å². The summed E-state index contributed by atoms with van der Waals surface area (Å²) in [4.78, 5) is 16.1. The minimum absolute atomic E-state index is 0.246. The summed E-state index contributed by atoms with van der Waals surface area (Å²) in [6.45, 7) is 1.74. The fourth-order valence-corrected chi connectivity index (χ4v) is 1.86. The van der Waals surface area contributed by atoms with E-state index in [1.54, 1.807) is 20.0 Å². The normalized spacial score (nSPS) is 10.0. The predicted octanol–water partition coefficient (Wildman–Crippen LogP) is 1.90. The standard InChI is InChI=1S/C12H10ClN5O/c1-7-3-8(4-10(13)16-7)12(19)17-11-9(5-14)6-15-18(11)2/h3-4,6H,1-2H3,(H,17,19). The zero-order valence-electron chi connectivity index (χ0n) is 10.3. The molecule has 1 amide bonds. The van der Waals surface area contributed by atoms with Crippen LogP contribution in [0.15, 0.2) is 18.3 Å². The van der Waals surface area contributed by atoms with Gasteiger partial charge in [0.25, 0.3) is 5.91 Å². The number of halogens is 1. The number of nitriles is 1. The third-order valence-corrected chi connectivity index (χ3v) is 2.67. The first-order valence-electron chi connectivity index (χ1n) is 5.39. The number of anilines is 1. The average Bonchev–Trinajstić information content (AvgIpc) is 2.69. The van der Waals surface area contributed by atoms with Crippen molar-refractivity contribution < 1.29 is 4.79 Å². The number of carbonyl (C=O) groups is 1. The molecule has 0 fully saturated rings. The summed E-state index contributed by atoms with van der Waals surface area (Å²) in [5.41, 5.74) is 1.32. The molecule has 7 heteroatoms. The van der Waals surface area contributed by atoms with E-state index in [-0.39, 0.29) is 11.1 Å². The van der Waals surface area contributed by atoms with Crippen molar-refractivity contribution in [3.05, 3.63) is 40.3 Å². The number of rotatable bonds is 2. The number of hydrogen-bond acceptors (Lipinski definition) is 4. The van der Waals surface area contributed by atoms with Crippen LogP contribution < -0.4 is 5.32 Å². The van der Waals surface area contributed by atoms with E-state index in [0.717, 1.165) is 0 Å². The highest BCUT2D eigenvalue weighted by Gasteiger charge is 2.14. The lowest BCUT2D eigenvalue weighted by molar-refractivity contribution is 0.102. The first-order chi connectivity index (χ1) is 9.01. The van der Waals surface area contributed by atoms with Crippen LogP contribution in [-0.4, -0.2) is 20.7 Å². The summed E-state index contributed by atoms with van der Waals surface area (Å²) in [5, 5.41) is 15.7. The molecule has 0 aliphatic carbocycles. The summed E-state index contributed by atoms with van der Waals surface area (Å²) < 4.78 is 1.42. The Morgan fingerprint density at radius 2 is 2.26 bits per heavy atom. The SMILES string of the molecule is Cc1cc(C(=O)Nc2c(C#N)cnn2C)cc(Cl)n1. The number of amides is 1. The molecule has 2 aromatic rings. The maximum absolute atomic E-state index is 12.1. The molecule has 6 nitrogen and oxygen atoms in total. The van der Waals surface area contributed by atoms with Gasteiger partial charge >= 0.3 is 0 Å². The quantitative estimate of drug-likeness (QED) is 0.849. The van der Waals surface area contributed by atoms with Crippen LogP contribution in [0.4, 0.5) is 5.82 Å². The Balaban J connectivity index is 2.31. The van der Waals surface area contributed by atoms with E-state index >= 15 is 0 Å². The van der Waals surface area contributed by atoms with Crippen molar-refractivity contribution in [1.82, 2.24) is 14.8 Å². The Labute approximate surface area is 114 Å². The molecule has 0 aliphatic heterocycles. The van der Waals surface area contributed by atoms with E-state index in [1.807, 2.05) is 6.07 Å². The largest absolute Gasteiger partial charge is 0.306 e. The molecule has 0 unspecified atom stereocenters. The maximum Gasteiger partial charge on any atom is 0.257 e. The highest BCUT2D eigenvalue weighted by atomic mass is 35.5. The lowest BCUT2D eigenvalue weighted by Crippen LogP contribution is -2.15. The molecule has 0 aromatic carbocycles. The van der Waals surface area contributed by atoms with Crippen LogP contribution in [0.25, 0.3) is 0 Å². The molecular weight excluding hydrogens is 266 g/mol. The molecule has 0 bridgehead atoms. The molecule has 0 saturated carbocycles. The van der Waals surface area contributed by atoms with Crippen molar-refractivity contribution in [2.45, 2.75) is 6.92 Å². The third-order valence-electron chi connectivity index (χ3n) is 2.48. The van der Waals surface area contributed by atoms with E-state index in [9.17, 15) is 4.79 Å². The van der Waals surface area contributed by atoms with Gasteiger partial charge in [0, 0.05) is 18.3 Å². The first kappa shape index (κ1) is 13.1. The summed E-state index contributed by atoms with van der Waals surface area (Å²) in [6, 6.07) is 5.04. The molecule has 0 radical (unpaired) electrons. The van der Waals surface area contributed by atoms with Gasteiger partial charge in [-0.3, -0.25) is 9.48 Å². The van der Waals surface area contributed by atoms with E-state index in [1.165, 1.54) is 16.9 Å². The number of nitrogens with one attached hydrogen (secondary N) is 1. The molecule has 19 heavy (non-hydrogen) atoms. The van der Waals surface area contributed by atoms with Crippen molar-refractivity contribution in [2.75, 3.05) is 5.32 Å². The highest BCUT2D eigenvalue weighted by Crippen LogP contribution is 2.16. The zero-order chi connectivity index (χ0) is 14.0. The summed E-state index contributed by atoms with van der Waals surface area (Å²) in [5.74, 6) is -0.0226. The van der Waals surface area contributed by atoms with Gasteiger partial charge in [-0.15, -0.1) is 0 Å². The minimum Gasteiger partial charge on any atom is -0.306 e. The Bertz CT molecular complexity index is 666. The summed E-state index contributed by atoms with van der Waals surface area (Å²) in [6.07, 6.45) is 1.39. The van der Waals surface area contributed by atoms with E-state index < -0.39 is 0 Å². The molecule has 0 saturated heterocycles. The molecule has 0 atom stereocenters. The maximum atomic E-state index is 12.1. The second kappa shape index (κ2) is 5.08. The van der Waals surface area contributed by atoms with Gasteiger partial charge in [0.2, 0.25) is 0 Å². The number of aromatic nitrogens is 3. The smallest absolute Gasteiger partial charge is 0.257 e. The number of nitrogens with zero attached hydrogens (tertiary/aromatic N) is 4.